The van der Waals surface area contributed by atoms with Crippen LogP contribution in [0.4, 0.5) is 0 Å². The maximum atomic E-state index is 11.7. The van der Waals surface area contributed by atoms with Crippen LogP contribution in [0.1, 0.15) is 12.5 Å². The van der Waals surface area contributed by atoms with Gasteiger partial charge < -0.3 is 14.6 Å². The molecule has 0 aliphatic carbocycles. The van der Waals surface area contributed by atoms with Gasteiger partial charge in [-0.1, -0.05) is 24.3 Å². The molecule has 2 aromatic rings. The van der Waals surface area contributed by atoms with Gasteiger partial charge in [-0.15, -0.1) is 0 Å². The number of ether oxygens (including phenoxy) is 2. The highest BCUT2D eigenvalue weighted by atomic mass is 16.6. The van der Waals surface area contributed by atoms with Gasteiger partial charge in [-0.05, 0) is 23.8 Å². The van der Waals surface area contributed by atoms with Crippen molar-refractivity contribution in [3.8, 4) is 11.5 Å². The molecule has 0 fully saturated rings. The van der Waals surface area contributed by atoms with E-state index in [0.29, 0.717) is 18.8 Å². The number of phenols is 1. The van der Waals surface area contributed by atoms with Crippen LogP contribution < -0.4 is 4.74 Å². The molecule has 0 saturated carbocycles. The van der Waals surface area contributed by atoms with E-state index in [0.717, 1.165) is 16.3 Å². The third kappa shape index (κ3) is 1.89. The molecule has 19 heavy (non-hydrogen) atoms. The average Bonchev–Trinajstić information content (AvgIpc) is 2.85. The van der Waals surface area contributed by atoms with Gasteiger partial charge in [0.25, 0.3) is 0 Å². The van der Waals surface area contributed by atoms with Crippen LogP contribution in [0.25, 0.3) is 10.8 Å². The Morgan fingerprint density at radius 3 is 3.05 bits per heavy atom. The van der Waals surface area contributed by atoms with Crippen LogP contribution >= 0.6 is 0 Å². The predicted octanol–water partition coefficient (Wildman–Crippen LogP) is 2.41. The summed E-state index contributed by atoms with van der Waals surface area (Å²) in [5.74, 6) is 0.0828. The molecule has 1 unspecified atom stereocenters. The van der Waals surface area contributed by atoms with Crippen molar-refractivity contribution in [2.45, 2.75) is 19.4 Å². The van der Waals surface area contributed by atoms with E-state index in [1.807, 2.05) is 24.3 Å². The number of carbonyl (C=O) groups excluding carboxylic acids is 1. The van der Waals surface area contributed by atoms with Crippen molar-refractivity contribution in [1.82, 2.24) is 0 Å². The molecule has 4 heteroatoms. The maximum Gasteiger partial charge on any atom is 0.347 e. The topological polar surface area (TPSA) is 55.8 Å². The molecule has 1 heterocycles. The standard InChI is InChI=1S/C15H14O4/c1-2-18-15(17)13-8-11-10-6-4-3-5-9(10)7-12(16)14(11)19-13/h3-7,13,16H,2,8H2,1H3. The minimum atomic E-state index is -0.661. The Morgan fingerprint density at radius 2 is 2.26 bits per heavy atom. The molecule has 3 rings (SSSR count). The highest BCUT2D eigenvalue weighted by molar-refractivity contribution is 5.92. The highest BCUT2D eigenvalue weighted by Gasteiger charge is 2.33. The molecule has 1 aliphatic rings. The Morgan fingerprint density at radius 1 is 1.47 bits per heavy atom. The summed E-state index contributed by atoms with van der Waals surface area (Å²) in [6.45, 7) is 2.08. The summed E-state index contributed by atoms with van der Waals surface area (Å²) in [6.07, 6.45) is -0.227. The van der Waals surface area contributed by atoms with Gasteiger partial charge in [-0.3, -0.25) is 0 Å². The first-order valence-corrected chi connectivity index (χ1v) is 6.27. The van der Waals surface area contributed by atoms with Crippen LogP contribution in [0, 0.1) is 0 Å². The van der Waals surface area contributed by atoms with Gasteiger partial charge in [-0.25, -0.2) is 4.79 Å². The smallest absolute Gasteiger partial charge is 0.347 e. The largest absolute Gasteiger partial charge is 0.504 e. The number of hydrogen-bond donors (Lipinski definition) is 1. The summed E-state index contributed by atoms with van der Waals surface area (Å²) in [5.41, 5.74) is 0.869. The Balaban J connectivity index is 2.05. The van der Waals surface area contributed by atoms with Gasteiger partial charge in [0.1, 0.15) is 0 Å². The Bertz CT molecular complexity index is 648. The van der Waals surface area contributed by atoms with E-state index in [2.05, 4.69) is 0 Å². The minimum Gasteiger partial charge on any atom is -0.504 e. The molecule has 1 atom stereocenters. The SMILES string of the molecule is CCOC(=O)C1Cc2c(c(O)cc3ccccc23)O1. The Hall–Kier alpha value is -2.23. The second-order valence-corrected chi connectivity index (χ2v) is 4.49. The number of rotatable bonds is 2. The molecule has 0 radical (unpaired) electrons. The number of benzene rings is 2. The van der Waals surface area contributed by atoms with Crippen LogP contribution in [-0.4, -0.2) is 23.8 Å². The van der Waals surface area contributed by atoms with Crippen molar-refractivity contribution in [3.63, 3.8) is 0 Å². The molecule has 0 saturated heterocycles. The summed E-state index contributed by atoms with van der Waals surface area (Å²) < 4.78 is 10.5. The average molecular weight is 258 g/mol. The Kier molecular flexibility index (Phi) is 2.78. The summed E-state index contributed by atoms with van der Waals surface area (Å²) in [5, 5.41) is 11.9. The van der Waals surface area contributed by atoms with E-state index in [1.165, 1.54) is 0 Å². The molecule has 1 aliphatic heterocycles. The lowest BCUT2D eigenvalue weighted by atomic mass is 10.0. The summed E-state index contributed by atoms with van der Waals surface area (Å²) >= 11 is 0. The number of esters is 1. The van der Waals surface area contributed by atoms with Crippen LogP contribution in [0.3, 0.4) is 0 Å². The molecule has 0 spiro atoms. The first-order valence-electron chi connectivity index (χ1n) is 6.27. The minimum absolute atomic E-state index is 0.0699. The van der Waals surface area contributed by atoms with Crippen molar-refractivity contribution >= 4 is 16.7 Å². The molecular weight excluding hydrogens is 244 g/mol. The quantitative estimate of drug-likeness (QED) is 0.840. The zero-order valence-corrected chi connectivity index (χ0v) is 10.6. The van der Waals surface area contributed by atoms with Crippen LogP contribution in [0.2, 0.25) is 0 Å². The molecule has 98 valence electrons. The number of fused-ring (bicyclic) bond motifs is 3. The third-order valence-electron chi connectivity index (χ3n) is 3.28. The fraction of sp³-hybridized carbons (Fsp3) is 0.267. The fourth-order valence-corrected chi connectivity index (χ4v) is 2.46. The second-order valence-electron chi connectivity index (χ2n) is 4.49. The monoisotopic (exact) mass is 258 g/mol. The van der Waals surface area contributed by atoms with Crippen molar-refractivity contribution in [3.05, 3.63) is 35.9 Å². The highest BCUT2D eigenvalue weighted by Crippen LogP contribution is 2.42. The second kappa shape index (κ2) is 4.46. The number of carbonyl (C=O) groups is 1. The lowest BCUT2D eigenvalue weighted by Crippen LogP contribution is -2.27. The van der Waals surface area contributed by atoms with E-state index in [9.17, 15) is 9.90 Å². The summed E-state index contributed by atoms with van der Waals surface area (Å²) in [6, 6.07) is 9.38. The molecule has 0 bridgehead atoms. The van der Waals surface area contributed by atoms with Gasteiger partial charge >= 0.3 is 5.97 Å². The van der Waals surface area contributed by atoms with Gasteiger partial charge in [0, 0.05) is 12.0 Å². The van der Waals surface area contributed by atoms with Crippen molar-refractivity contribution < 1.29 is 19.4 Å². The van der Waals surface area contributed by atoms with Crippen molar-refractivity contribution in [2.24, 2.45) is 0 Å². The summed E-state index contributed by atoms with van der Waals surface area (Å²) in [7, 11) is 0. The fourth-order valence-electron chi connectivity index (χ4n) is 2.46. The normalized spacial score (nSPS) is 17.0. The van der Waals surface area contributed by atoms with Crippen LogP contribution in [0.15, 0.2) is 30.3 Å². The first kappa shape index (κ1) is 11.8. The van der Waals surface area contributed by atoms with Crippen molar-refractivity contribution in [1.29, 1.82) is 0 Å². The maximum absolute atomic E-state index is 11.7. The van der Waals surface area contributed by atoms with Crippen LogP contribution in [0.5, 0.6) is 11.5 Å². The molecule has 4 nitrogen and oxygen atoms in total. The van der Waals surface area contributed by atoms with E-state index in [1.54, 1.807) is 13.0 Å². The van der Waals surface area contributed by atoms with Gasteiger partial charge in [-0.2, -0.15) is 0 Å². The summed E-state index contributed by atoms with van der Waals surface area (Å²) in [4.78, 5) is 11.7. The van der Waals surface area contributed by atoms with Gasteiger partial charge in [0.05, 0.1) is 6.61 Å². The molecule has 2 aromatic carbocycles. The predicted molar refractivity (Wildman–Crippen MR) is 70.4 cm³/mol. The lowest BCUT2D eigenvalue weighted by molar-refractivity contribution is -0.150. The van der Waals surface area contributed by atoms with Crippen LogP contribution in [-0.2, 0) is 16.0 Å². The number of aromatic hydroxyl groups is 1. The lowest BCUT2D eigenvalue weighted by Gasteiger charge is -2.09. The first-order chi connectivity index (χ1) is 9.20. The van der Waals surface area contributed by atoms with E-state index in [4.69, 9.17) is 9.47 Å². The molecular formula is C15H14O4. The zero-order valence-electron chi connectivity index (χ0n) is 10.6. The van der Waals surface area contributed by atoms with E-state index in [-0.39, 0.29) is 11.7 Å². The number of phenolic OH excluding ortho intramolecular Hbond substituents is 1. The van der Waals surface area contributed by atoms with Gasteiger partial charge in [0.2, 0.25) is 0 Å². The van der Waals surface area contributed by atoms with E-state index < -0.39 is 6.10 Å². The zero-order chi connectivity index (χ0) is 13.4. The molecule has 1 N–H and O–H groups in total. The van der Waals surface area contributed by atoms with Gasteiger partial charge in [0.15, 0.2) is 17.6 Å². The molecule has 0 aromatic heterocycles. The van der Waals surface area contributed by atoms with Crippen molar-refractivity contribution in [2.75, 3.05) is 6.61 Å². The third-order valence-corrected chi connectivity index (χ3v) is 3.28. The van der Waals surface area contributed by atoms with E-state index >= 15 is 0 Å². The molecule has 0 amide bonds. The number of hydrogen-bond acceptors (Lipinski definition) is 4. The Labute approximate surface area is 110 Å².